The van der Waals surface area contributed by atoms with Crippen molar-refractivity contribution in [2.75, 3.05) is 6.61 Å². The minimum Gasteiger partial charge on any atom is -0.484 e. The maximum atomic E-state index is 12.5. The van der Waals surface area contributed by atoms with Crippen molar-refractivity contribution >= 4 is 29.0 Å². The predicted molar refractivity (Wildman–Crippen MR) is 101 cm³/mol. The van der Waals surface area contributed by atoms with Crippen LogP contribution in [0.5, 0.6) is 5.75 Å². The van der Waals surface area contributed by atoms with E-state index in [0.717, 1.165) is 12.0 Å². The van der Waals surface area contributed by atoms with Gasteiger partial charge < -0.3 is 4.74 Å². The average molecular weight is 369 g/mol. The van der Waals surface area contributed by atoms with Crippen molar-refractivity contribution in [3.05, 3.63) is 87.4 Å². The van der Waals surface area contributed by atoms with E-state index in [1.165, 1.54) is 16.7 Å². The maximum absolute atomic E-state index is 12.5. The molecule has 0 saturated carbocycles. The lowest BCUT2D eigenvalue weighted by molar-refractivity contribution is 0.0921. The Bertz CT molecular complexity index is 979. The molecule has 0 saturated heterocycles. The fraction of sp³-hybridized carbons (Fsp3) is 0.0952. The molecule has 0 N–H and O–H groups in total. The van der Waals surface area contributed by atoms with E-state index in [4.69, 9.17) is 27.9 Å². The molecule has 0 unspecified atom stereocenters. The van der Waals surface area contributed by atoms with Gasteiger partial charge in [-0.15, -0.1) is 0 Å². The molecular weight excluding hydrogens is 355 g/mol. The number of hydrogen-bond acceptors (Lipinski definition) is 2. The molecule has 0 atom stereocenters. The maximum Gasteiger partial charge on any atom is 0.200 e. The van der Waals surface area contributed by atoms with Gasteiger partial charge in [0, 0.05) is 5.56 Å². The summed E-state index contributed by atoms with van der Waals surface area (Å²) in [5, 5.41) is 0.723. The zero-order chi connectivity index (χ0) is 17.4. The van der Waals surface area contributed by atoms with Crippen molar-refractivity contribution in [1.29, 1.82) is 0 Å². The summed E-state index contributed by atoms with van der Waals surface area (Å²) in [4.78, 5) is 12.5. The quantitative estimate of drug-likeness (QED) is 0.423. The van der Waals surface area contributed by atoms with Crippen LogP contribution in [0.1, 0.15) is 21.5 Å². The van der Waals surface area contributed by atoms with E-state index in [1.807, 2.05) is 30.3 Å². The zero-order valence-electron chi connectivity index (χ0n) is 13.3. The van der Waals surface area contributed by atoms with Crippen LogP contribution in [0, 0.1) is 0 Å². The zero-order valence-corrected chi connectivity index (χ0v) is 14.8. The van der Waals surface area contributed by atoms with Crippen LogP contribution in [-0.2, 0) is 6.42 Å². The van der Waals surface area contributed by atoms with Crippen LogP contribution in [0.2, 0.25) is 10.0 Å². The third kappa shape index (κ3) is 3.04. The first-order valence-corrected chi connectivity index (χ1v) is 8.70. The Labute approximate surface area is 156 Å². The molecule has 0 spiro atoms. The first-order valence-electron chi connectivity index (χ1n) is 7.94. The fourth-order valence-electron chi connectivity index (χ4n) is 3.12. The second kappa shape index (κ2) is 6.55. The Hall–Kier alpha value is -2.29. The summed E-state index contributed by atoms with van der Waals surface area (Å²) in [7, 11) is 0. The van der Waals surface area contributed by atoms with E-state index in [1.54, 1.807) is 18.2 Å². The molecule has 0 fully saturated rings. The fourth-order valence-corrected chi connectivity index (χ4v) is 3.47. The first kappa shape index (κ1) is 16.2. The molecule has 1 aliphatic carbocycles. The minimum atomic E-state index is -0.0942. The largest absolute Gasteiger partial charge is 0.484 e. The number of rotatable bonds is 4. The second-order valence-corrected chi connectivity index (χ2v) is 6.75. The van der Waals surface area contributed by atoms with Gasteiger partial charge in [-0.3, -0.25) is 4.79 Å². The highest BCUT2D eigenvalue weighted by molar-refractivity contribution is 6.42. The lowest BCUT2D eigenvalue weighted by atomic mass is 10.0. The van der Waals surface area contributed by atoms with Crippen LogP contribution < -0.4 is 4.74 Å². The van der Waals surface area contributed by atoms with Crippen LogP contribution in [0.25, 0.3) is 11.1 Å². The summed E-state index contributed by atoms with van der Waals surface area (Å²) in [5.74, 6) is 0.317. The predicted octanol–water partition coefficient (Wildman–Crippen LogP) is 5.83. The number of carbonyl (C=O) groups is 1. The number of carbonyl (C=O) groups excluding carboxylic acids is 1. The first-order chi connectivity index (χ1) is 12.1. The summed E-state index contributed by atoms with van der Waals surface area (Å²) in [6, 6.07) is 19.2. The van der Waals surface area contributed by atoms with Gasteiger partial charge in [0.15, 0.2) is 12.4 Å². The molecule has 3 aromatic carbocycles. The summed E-state index contributed by atoms with van der Waals surface area (Å²) in [6.45, 7) is -0.0828. The van der Waals surface area contributed by atoms with Crippen molar-refractivity contribution in [3.63, 3.8) is 0 Å². The molecule has 0 amide bonds. The van der Waals surface area contributed by atoms with E-state index >= 15 is 0 Å². The number of halogens is 2. The number of Topliss-reactive ketones (excluding diaryl/α,β-unsaturated/α-hetero) is 1. The number of fused-ring (bicyclic) bond motifs is 3. The Morgan fingerprint density at radius 3 is 2.60 bits per heavy atom. The molecule has 2 nitrogen and oxygen atoms in total. The number of hydrogen-bond donors (Lipinski definition) is 0. The van der Waals surface area contributed by atoms with Crippen LogP contribution in [0.4, 0.5) is 0 Å². The summed E-state index contributed by atoms with van der Waals surface area (Å²) in [6.07, 6.45) is 0.911. The van der Waals surface area contributed by atoms with Gasteiger partial charge in [0.1, 0.15) is 10.8 Å². The minimum absolute atomic E-state index is 0.0828. The van der Waals surface area contributed by atoms with Crippen LogP contribution in [0.15, 0.2) is 60.7 Å². The molecular formula is C21H14Cl2O2. The summed E-state index contributed by atoms with van der Waals surface area (Å²) in [5.41, 5.74) is 5.50. The highest BCUT2D eigenvalue weighted by atomic mass is 35.5. The molecule has 0 heterocycles. The molecule has 0 radical (unpaired) electrons. The molecule has 0 aromatic heterocycles. The molecule has 4 rings (SSSR count). The van der Waals surface area contributed by atoms with E-state index in [2.05, 4.69) is 12.1 Å². The number of ether oxygens (including phenoxy) is 1. The van der Waals surface area contributed by atoms with Gasteiger partial charge in [0.2, 0.25) is 0 Å². The van der Waals surface area contributed by atoms with Crippen molar-refractivity contribution in [2.24, 2.45) is 0 Å². The Balaban J connectivity index is 1.55. The normalized spacial score (nSPS) is 11.8. The average Bonchev–Trinajstić information content (AvgIpc) is 3.00. The van der Waals surface area contributed by atoms with Crippen LogP contribution in [-0.4, -0.2) is 12.4 Å². The SMILES string of the molecule is O=C(COc1cccc(Cl)c1Cl)c1ccc2c(c1)-c1ccccc1C2. The Morgan fingerprint density at radius 1 is 0.920 bits per heavy atom. The Morgan fingerprint density at radius 2 is 1.72 bits per heavy atom. The lowest BCUT2D eigenvalue weighted by Gasteiger charge is -2.09. The van der Waals surface area contributed by atoms with E-state index < -0.39 is 0 Å². The Kier molecular flexibility index (Phi) is 4.24. The summed E-state index contributed by atoms with van der Waals surface area (Å²) < 4.78 is 5.56. The van der Waals surface area contributed by atoms with Gasteiger partial charge in [-0.2, -0.15) is 0 Å². The van der Waals surface area contributed by atoms with E-state index in [-0.39, 0.29) is 12.4 Å². The molecule has 124 valence electrons. The van der Waals surface area contributed by atoms with Crippen molar-refractivity contribution < 1.29 is 9.53 Å². The third-order valence-corrected chi connectivity index (χ3v) is 5.20. The van der Waals surface area contributed by atoms with Crippen LogP contribution >= 0.6 is 23.2 Å². The van der Waals surface area contributed by atoms with Gasteiger partial charge in [0.05, 0.1) is 5.02 Å². The number of ketones is 1. The molecule has 0 aliphatic heterocycles. The van der Waals surface area contributed by atoms with E-state index in [9.17, 15) is 4.79 Å². The third-order valence-electron chi connectivity index (χ3n) is 4.40. The molecule has 4 heteroatoms. The standard InChI is InChI=1S/C21H14Cl2O2/c22-18-6-3-7-20(21(18)23)25-12-19(24)15-9-8-14-10-13-4-1-2-5-16(13)17(14)11-15/h1-9,11H,10,12H2. The summed E-state index contributed by atoms with van der Waals surface area (Å²) >= 11 is 12.0. The van der Waals surface area contributed by atoms with Gasteiger partial charge in [-0.05, 0) is 46.9 Å². The van der Waals surface area contributed by atoms with Gasteiger partial charge in [-0.25, -0.2) is 0 Å². The monoisotopic (exact) mass is 368 g/mol. The molecule has 3 aromatic rings. The topological polar surface area (TPSA) is 26.3 Å². The van der Waals surface area contributed by atoms with E-state index in [0.29, 0.717) is 21.4 Å². The van der Waals surface area contributed by atoms with Crippen molar-refractivity contribution in [3.8, 4) is 16.9 Å². The lowest BCUT2D eigenvalue weighted by Crippen LogP contribution is -2.12. The smallest absolute Gasteiger partial charge is 0.200 e. The second-order valence-electron chi connectivity index (χ2n) is 5.97. The van der Waals surface area contributed by atoms with Gasteiger partial charge in [0.25, 0.3) is 0 Å². The van der Waals surface area contributed by atoms with Crippen molar-refractivity contribution in [2.45, 2.75) is 6.42 Å². The molecule has 1 aliphatic rings. The van der Waals surface area contributed by atoms with Crippen molar-refractivity contribution in [1.82, 2.24) is 0 Å². The van der Waals surface area contributed by atoms with Gasteiger partial charge in [-0.1, -0.05) is 65.7 Å². The highest BCUT2D eigenvalue weighted by Gasteiger charge is 2.19. The van der Waals surface area contributed by atoms with Gasteiger partial charge >= 0.3 is 0 Å². The van der Waals surface area contributed by atoms with Crippen LogP contribution in [0.3, 0.4) is 0 Å². The molecule has 0 bridgehead atoms. The highest BCUT2D eigenvalue weighted by Crippen LogP contribution is 2.37. The molecule has 25 heavy (non-hydrogen) atoms. The number of benzene rings is 3.